The molecule has 2 aromatic rings. The first-order valence-electron chi connectivity index (χ1n) is 7.79. The molecule has 3 N–H and O–H groups in total. The molecule has 0 saturated heterocycles. The Labute approximate surface area is 130 Å². The van der Waals surface area contributed by atoms with Crippen LogP contribution in [-0.4, -0.2) is 17.6 Å². The third-order valence-corrected chi connectivity index (χ3v) is 4.73. The van der Waals surface area contributed by atoms with Crippen molar-refractivity contribution in [3.8, 4) is 0 Å². The van der Waals surface area contributed by atoms with E-state index in [2.05, 4.69) is 16.4 Å². The van der Waals surface area contributed by atoms with Gasteiger partial charge in [0.15, 0.2) is 0 Å². The third-order valence-electron chi connectivity index (χ3n) is 4.40. The minimum Gasteiger partial charge on any atom is -0.329 e. The van der Waals surface area contributed by atoms with Gasteiger partial charge in [-0.05, 0) is 36.6 Å². The maximum atomic E-state index is 6.28. The highest BCUT2D eigenvalue weighted by Gasteiger charge is 2.20. The van der Waals surface area contributed by atoms with Crippen LogP contribution in [0.4, 0.5) is 0 Å². The normalized spacial score (nSPS) is 18.0. The number of nitrogens with one attached hydrogen (secondary N) is 1. The molecule has 1 aliphatic carbocycles. The Morgan fingerprint density at radius 1 is 1.24 bits per heavy atom. The molecule has 3 rings (SSSR count). The van der Waals surface area contributed by atoms with Crippen molar-refractivity contribution in [2.45, 2.75) is 44.2 Å². The molecular weight excluding hydrogens is 282 g/mol. The second kappa shape index (κ2) is 6.73. The van der Waals surface area contributed by atoms with Gasteiger partial charge >= 0.3 is 0 Å². The fourth-order valence-corrected chi connectivity index (χ4v) is 3.49. The zero-order valence-electron chi connectivity index (χ0n) is 12.2. The SMILES string of the molecule is NCC(NC1CCCCC1)c1ccc(Cl)c2cccnc12. The van der Waals surface area contributed by atoms with Crippen molar-refractivity contribution in [3.05, 3.63) is 41.0 Å². The summed E-state index contributed by atoms with van der Waals surface area (Å²) in [5, 5.41) is 5.47. The van der Waals surface area contributed by atoms with E-state index >= 15 is 0 Å². The number of aromatic nitrogens is 1. The number of nitrogens with zero attached hydrogens (tertiary/aromatic N) is 1. The average Bonchev–Trinajstić information content (AvgIpc) is 2.55. The zero-order chi connectivity index (χ0) is 14.7. The summed E-state index contributed by atoms with van der Waals surface area (Å²) in [6.45, 7) is 0.573. The van der Waals surface area contributed by atoms with Crippen molar-refractivity contribution < 1.29 is 0 Å². The Kier molecular flexibility index (Phi) is 4.73. The van der Waals surface area contributed by atoms with Crippen LogP contribution in [0.25, 0.3) is 10.9 Å². The molecule has 1 heterocycles. The highest BCUT2D eigenvalue weighted by atomic mass is 35.5. The van der Waals surface area contributed by atoms with Gasteiger partial charge in [0.25, 0.3) is 0 Å². The molecule has 1 fully saturated rings. The molecule has 4 heteroatoms. The van der Waals surface area contributed by atoms with Gasteiger partial charge in [0.2, 0.25) is 0 Å². The lowest BCUT2D eigenvalue weighted by molar-refractivity contribution is 0.341. The van der Waals surface area contributed by atoms with E-state index in [0.29, 0.717) is 12.6 Å². The van der Waals surface area contributed by atoms with Crippen LogP contribution >= 0.6 is 11.6 Å². The first-order valence-corrected chi connectivity index (χ1v) is 8.16. The molecule has 21 heavy (non-hydrogen) atoms. The van der Waals surface area contributed by atoms with E-state index in [4.69, 9.17) is 17.3 Å². The van der Waals surface area contributed by atoms with Gasteiger partial charge in [-0.2, -0.15) is 0 Å². The predicted octanol–water partition coefficient (Wildman–Crippen LogP) is 3.81. The summed E-state index contributed by atoms with van der Waals surface area (Å²) < 4.78 is 0. The van der Waals surface area contributed by atoms with E-state index in [-0.39, 0.29) is 6.04 Å². The summed E-state index contributed by atoms with van der Waals surface area (Å²) in [6, 6.07) is 8.66. The Bertz CT molecular complexity index is 608. The molecule has 3 nitrogen and oxygen atoms in total. The number of benzene rings is 1. The fraction of sp³-hybridized carbons (Fsp3) is 0.471. The van der Waals surface area contributed by atoms with E-state index in [1.54, 1.807) is 0 Å². The molecule has 0 amide bonds. The summed E-state index contributed by atoms with van der Waals surface area (Å²) in [5.74, 6) is 0. The Morgan fingerprint density at radius 3 is 2.81 bits per heavy atom. The van der Waals surface area contributed by atoms with Gasteiger partial charge in [-0.25, -0.2) is 0 Å². The summed E-state index contributed by atoms with van der Waals surface area (Å²) in [6.07, 6.45) is 8.29. The maximum absolute atomic E-state index is 6.28. The van der Waals surface area contributed by atoms with Gasteiger partial charge in [0, 0.05) is 35.2 Å². The van der Waals surface area contributed by atoms with Crippen molar-refractivity contribution in [1.29, 1.82) is 0 Å². The lowest BCUT2D eigenvalue weighted by Crippen LogP contribution is -2.38. The van der Waals surface area contributed by atoms with Crippen molar-refractivity contribution in [1.82, 2.24) is 10.3 Å². The summed E-state index contributed by atoms with van der Waals surface area (Å²) in [4.78, 5) is 4.52. The fourth-order valence-electron chi connectivity index (χ4n) is 3.28. The standard InChI is InChI=1S/C17H22ClN3/c18-15-9-8-14(17-13(15)7-4-10-20-17)16(11-19)21-12-5-2-1-3-6-12/h4,7-10,12,16,21H,1-3,5-6,11,19H2. The minimum absolute atomic E-state index is 0.141. The molecule has 1 atom stereocenters. The highest BCUT2D eigenvalue weighted by Crippen LogP contribution is 2.29. The number of hydrogen-bond donors (Lipinski definition) is 2. The van der Waals surface area contributed by atoms with Crippen LogP contribution in [0.5, 0.6) is 0 Å². The first kappa shape index (κ1) is 14.8. The maximum Gasteiger partial charge on any atom is 0.0765 e. The van der Waals surface area contributed by atoms with E-state index in [9.17, 15) is 0 Å². The van der Waals surface area contributed by atoms with Crippen LogP contribution < -0.4 is 11.1 Å². The average molecular weight is 304 g/mol. The van der Waals surface area contributed by atoms with Gasteiger partial charge in [0.1, 0.15) is 0 Å². The summed E-state index contributed by atoms with van der Waals surface area (Å²) >= 11 is 6.28. The molecule has 1 aromatic heterocycles. The van der Waals surface area contributed by atoms with E-state index in [1.807, 2.05) is 24.4 Å². The van der Waals surface area contributed by atoms with E-state index in [1.165, 1.54) is 32.1 Å². The molecule has 0 aliphatic heterocycles. The van der Waals surface area contributed by atoms with E-state index < -0.39 is 0 Å². The quantitative estimate of drug-likeness (QED) is 0.903. The highest BCUT2D eigenvalue weighted by molar-refractivity contribution is 6.35. The van der Waals surface area contributed by atoms with Crippen molar-refractivity contribution >= 4 is 22.5 Å². The van der Waals surface area contributed by atoms with Crippen LogP contribution in [0.3, 0.4) is 0 Å². The monoisotopic (exact) mass is 303 g/mol. The molecule has 0 spiro atoms. The molecule has 0 radical (unpaired) electrons. The van der Waals surface area contributed by atoms with Crippen molar-refractivity contribution in [2.24, 2.45) is 5.73 Å². The first-order chi connectivity index (χ1) is 10.3. The van der Waals surface area contributed by atoms with Crippen LogP contribution in [0, 0.1) is 0 Å². The lowest BCUT2D eigenvalue weighted by atomic mass is 9.93. The number of fused-ring (bicyclic) bond motifs is 1. The molecule has 0 bridgehead atoms. The van der Waals surface area contributed by atoms with E-state index in [0.717, 1.165) is 21.5 Å². The molecule has 1 aromatic carbocycles. The summed E-state index contributed by atoms with van der Waals surface area (Å²) in [7, 11) is 0. The molecule has 112 valence electrons. The molecule has 1 aliphatic rings. The third kappa shape index (κ3) is 3.20. The van der Waals surface area contributed by atoms with Crippen LogP contribution in [-0.2, 0) is 0 Å². The van der Waals surface area contributed by atoms with Gasteiger partial charge in [-0.3, -0.25) is 4.98 Å². The second-order valence-electron chi connectivity index (χ2n) is 5.83. The molecular formula is C17H22ClN3. The molecule has 1 unspecified atom stereocenters. The van der Waals surface area contributed by atoms with Gasteiger partial charge in [-0.15, -0.1) is 0 Å². The number of halogens is 1. The Balaban J connectivity index is 1.91. The topological polar surface area (TPSA) is 50.9 Å². The Hall–Kier alpha value is -1.16. The predicted molar refractivity (Wildman–Crippen MR) is 88.6 cm³/mol. The number of hydrogen-bond acceptors (Lipinski definition) is 3. The Morgan fingerprint density at radius 2 is 2.05 bits per heavy atom. The smallest absolute Gasteiger partial charge is 0.0765 e. The number of pyridine rings is 1. The second-order valence-corrected chi connectivity index (χ2v) is 6.23. The van der Waals surface area contributed by atoms with Crippen LogP contribution in [0.15, 0.2) is 30.5 Å². The number of rotatable bonds is 4. The van der Waals surface area contributed by atoms with Crippen LogP contribution in [0.2, 0.25) is 5.02 Å². The number of nitrogens with two attached hydrogens (primary N) is 1. The van der Waals surface area contributed by atoms with Gasteiger partial charge < -0.3 is 11.1 Å². The summed E-state index contributed by atoms with van der Waals surface area (Å²) in [5.41, 5.74) is 8.15. The molecule has 1 saturated carbocycles. The van der Waals surface area contributed by atoms with Gasteiger partial charge in [0.05, 0.1) is 5.52 Å². The minimum atomic E-state index is 0.141. The lowest BCUT2D eigenvalue weighted by Gasteiger charge is -2.28. The van der Waals surface area contributed by atoms with Crippen molar-refractivity contribution in [2.75, 3.05) is 6.54 Å². The van der Waals surface area contributed by atoms with Crippen LogP contribution in [0.1, 0.15) is 43.7 Å². The van der Waals surface area contributed by atoms with Crippen molar-refractivity contribution in [3.63, 3.8) is 0 Å². The zero-order valence-corrected chi connectivity index (χ0v) is 12.9. The largest absolute Gasteiger partial charge is 0.329 e. The van der Waals surface area contributed by atoms with Gasteiger partial charge in [-0.1, -0.05) is 36.9 Å².